The van der Waals surface area contributed by atoms with Gasteiger partial charge in [-0.3, -0.25) is 4.79 Å². The van der Waals surface area contributed by atoms with Crippen molar-refractivity contribution in [3.05, 3.63) is 35.9 Å². The van der Waals surface area contributed by atoms with Gasteiger partial charge in [-0.15, -0.1) is 11.8 Å². The number of carbonyl (C=O) groups excluding carboxylic acids is 1. The van der Waals surface area contributed by atoms with E-state index in [0.29, 0.717) is 16.8 Å². The van der Waals surface area contributed by atoms with E-state index in [2.05, 4.69) is 13.5 Å². The number of halogens is 1. The van der Waals surface area contributed by atoms with Crippen molar-refractivity contribution >= 4 is 35.0 Å². The van der Waals surface area contributed by atoms with Gasteiger partial charge in [0, 0.05) is 21.7 Å². The molecule has 1 aliphatic heterocycles. The molecule has 1 atom stereocenters. The maximum Gasteiger partial charge on any atom is 0.250 e. The molecular formula is C13H14ClNOS. The third-order valence-corrected chi connectivity index (χ3v) is 4.21. The second-order valence-corrected chi connectivity index (χ2v) is 5.94. The summed E-state index contributed by atoms with van der Waals surface area (Å²) in [6, 6.07) is 5.69. The molecule has 1 unspecified atom stereocenters. The average molecular weight is 268 g/mol. The molecule has 0 aliphatic carbocycles. The zero-order valence-corrected chi connectivity index (χ0v) is 11.2. The molecule has 0 spiro atoms. The minimum Gasteiger partial charge on any atom is -0.308 e. The first-order valence-electron chi connectivity index (χ1n) is 5.52. The maximum atomic E-state index is 11.9. The number of hydrogen-bond donors (Lipinski definition) is 0. The topological polar surface area (TPSA) is 20.3 Å². The van der Waals surface area contributed by atoms with Gasteiger partial charge in [0.05, 0.1) is 5.69 Å². The first-order valence-corrected chi connectivity index (χ1v) is 6.77. The fraction of sp³-hybridized carbons (Fsp3) is 0.308. The third kappa shape index (κ3) is 2.67. The van der Waals surface area contributed by atoms with Gasteiger partial charge in [0.25, 0.3) is 0 Å². The van der Waals surface area contributed by atoms with Crippen LogP contribution in [0.15, 0.2) is 35.7 Å². The summed E-state index contributed by atoms with van der Waals surface area (Å²) in [5.41, 5.74) is 0.900. The van der Waals surface area contributed by atoms with Crippen LogP contribution in [-0.2, 0) is 4.79 Å². The number of thioether (sulfide) groups is 1. The Labute approximate surface area is 111 Å². The number of carbonyl (C=O) groups is 1. The van der Waals surface area contributed by atoms with E-state index in [0.717, 1.165) is 17.0 Å². The van der Waals surface area contributed by atoms with E-state index in [9.17, 15) is 4.79 Å². The first kappa shape index (κ1) is 12.5. The smallest absolute Gasteiger partial charge is 0.250 e. The molecule has 2 rings (SSSR count). The summed E-state index contributed by atoms with van der Waals surface area (Å²) < 4.78 is 0. The number of amides is 1. The summed E-state index contributed by atoms with van der Waals surface area (Å²) in [6.07, 6.45) is 2.32. The van der Waals surface area contributed by atoms with Gasteiger partial charge in [0.2, 0.25) is 5.91 Å². The quantitative estimate of drug-likeness (QED) is 0.723. The highest BCUT2D eigenvalue weighted by Gasteiger charge is 2.22. The second-order valence-electron chi connectivity index (χ2n) is 4.02. The summed E-state index contributed by atoms with van der Waals surface area (Å²) in [5, 5.41) is 1.15. The Morgan fingerprint density at radius 2 is 2.41 bits per heavy atom. The van der Waals surface area contributed by atoms with E-state index < -0.39 is 0 Å². The molecule has 0 bridgehead atoms. The van der Waals surface area contributed by atoms with Gasteiger partial charge in [0.15, 0.2) is 0 Å². The van der Waals surface area contributed by atoms with Crippen molar-refractivity contribution in [3.8, 4) is 0 Å². The van der Waals surface area contributed by atoms with Gasteiger partial charge < -0.3 is 4.90 Å². The molecule has 0 aromatic heterocycles. The SMILES string of the molecule is C=CC(=O)N1CCC(C)Sc2ccc(Cl)cc21. The zero-order chi connectivity index (χ0) is 12.4. The summed E-state index contributed by atoms with van der Waals surface area (Å²) >= 11 is 7.79. The predicted octanol–water partition coefficient (Wildman–Crippen LogP) is 3.74. The summed E-state index contributed by atoms with van der Waals surface area (Å²) in [6.45, 7) is 6.44. The molecule has 0 fully saturated rings. The van der Waals surface area contributed by atoms with E-state index in [1.165, 1.54) is 6.08 Å². The summed E-state index contributed by atoms with van der Waals surface area (Å²) in [5.74, 6) is -0.0665. The zero-order valence-electron chi connectivity index (χ0n) is 9.65. The molecule has 4 heteroatoms. The maximum absolute atomic E-state index is 11.9. The monoisotopic (exact) mass is 267 g/mol. The van der Waals surface area contributed by atoms with Crippen LogP contribution in [0.3, 0.4) is 0 Å². The van der Waals surface area contributed by atoms with E-state index in [4.69, 9.17) is 11.6 Å². The number of hydrogen-bond acceptors (Lipinski definition) is 2. The van der Waals surface area contributed by atoms with Crippen molar-refractivity contribution < 1.29 is 4.79 Å². The van der Waals surface area contributed by atoms with Crippen LogP contribution >= 0.6 is 23.4 Å². The van der Waals surface area contributed by atoms with Crippen molar-refractivity contribution in [2.24, 2.45) is 0 Å². The molecule has 90 valence electrons. The average Bonchev–Trinajstić information content (AvgIpc) is 2.47. The molecule has 1 aliphatic rings. The highest BCUT2D eigenvalue weighted by Crippen LogP contribution is 2.38. The largest absolute Gasteiger partial charge is 0.308 e. The summed E-state index contributed by atoms with van der Waals surface area (Å²) in [4.78, 5) is 14.7. The van der Waals surface area contributed by atoms with Crippen molar-refractivity contribution in [1.82, 2.24) is 0 Å². The molecule has 2 nitrogen and oxygen atoms in total. The lowest BCUT2D eigenvalue weighted by Crippen LogP contribution is -2.30. The molecule has 17 heavy (non-hydrogen) atoms. The Hall–Kier alpha value is -0.930. The Balaban J connectivity index is 2.47. The highest BCUT2D eigenvalue weighted by atomic mass is 35.5. The van der Waals surface area contributed by atoms with Gasteiger partial charge in [-0.05, 0) is 30.7 Å². The van der Waals surface area contributed by atoms with Crippen LogP contribution in [-0.4, -0.2) is 17.7 Å². The highest BCUT2D eigenvalue weighted by molar-refractivity contribution is 8.00. The van der Waals surface area contributed by atoms with Crippen molar-refractivity contribution in [2.75, 3.05) is 11.4 Å². The fourth-order valence-corrected chi connectivity index (χ4v) is 3.11. The van der Waals surface area contributed by atoms with E-state index >= 15 is 0 Å². The Bertz CT molecular complexity index is 461. The molecule has 0 saturated carbocycles. The first-order chi connectivity index (χ1) is 8.11. The number of rotatable bonds is 1. The van der Waals surface area contributed by atoms with Crippen LogP contribution in [0, 0.1) is 0 Å². The van der Waals surface area contributed by atoms with Crippen molar-refractivity contribution in [3.63, 3.8) is 0 Å². The van der Waals surface area contributed by atoms with Gasteiger partial charge in [-0.1, -0.05) is 25.1 Å². The van der Waals surface area contributed by atoms with E-state index in [1.807, 2.05) is 18.2 Å². The standard InChI is InChI=1S/C13H14ClNOS/c1-3-13(16)15-7-6-9(2)17-12-5-4-10(14)8-11(12)15/h3-5,8-9H,1,6-7H2,2H3. The lowest BCUT2D eigenvalue weighted by atomic mass is 10.2. The van der Waals surface area contributed by atoms with Crippen LogP contribution < -0.4 is 4.90 Å². The van der Waals surface area contributed by atoms with Crippen molar-refractivity contribution in [1.29, 1.82) is 0 Å². The third-order valence-electron chi connectivity index (χ3n) is 2.74. The predicted molar refractivity (Wildman–Crippen MR) is 73.9 cm³/mol. The van der Waals surface area contributed by atoms with E-state index in [-0.39, 0.29) is 5.91 Å². The van der Waals surface area contributed by atoms with Crippen LogP contribution in [0.25, 0.3) is 0 Å². The molecule has 0 radical (unpaired) electrons. The minimum absolute atomic E-state index is 0.0665. The van der Waals surface area contributed by atoms with Crippen LogP contribution in [0.2, 0.25) is 5.02 Å². The number of nitrogens with zero attached hydrogens (tertiary/aromatic N) is 1. The van der Waals surface area contributed by atoms with Crippen LogP contribution in [0.1, 0.15) is 13.3 Å². The van der Waals surface area contributed by atoms with Gasteiger partial charge >= 0.3 is 0 Å². The minimum atomic E-state index is -0.0665. The Kier molecular flexibility index (Phi) is 3.79. The van der Waals surface area contributed by atoms with E-state index in [1.54, 1.807) is 16.7 Å². The number of benzene rings is 1. The molecule has 1 aromatic rings. The van der Waals surface area contributed by atoms with Gasteiger partial charge in [-0.2, -0.15) is 0 Å². The summed E-state index contributed by atoms with van der Waals surface area (Å²) in [7, 11) is 0. The molecule has 0 N–H and O–H groups in total. The molecule has 1 amide bonds. The molecular weight excluding hydrogens is 254 g/mol. The molecule has 1 heterocycles. The Morgan fingerprint density at radius 3 is 3.12 bits per heavy atom. The van der Waals surface area contributed by atoms with Gasteiger partial charge in [-0.25, -0.2) is 0 Å². The lowest BCUT2D eigenvalue weighted by Gasteiger charge is -2.21. The van der Waals surface area contributed by atoms with Crippen LogP contribution in [0.4, 0.5) is 5.69 Å². The lowest BCUT2D eigenvalue weighted by molar-refractivity contribution is -0.114. The Morgan fingerprint density at radius 1 is 1.65 bits per heavy atom. The van der Waals surface area contributed by atoms with Gasteiger partial charge in [0.1, 0.15) is 0 Å². The van der Waals surface area contributed by atoms with Crippen LogP contribution in [0.5, 0.6) is 0 Å². The van der Waals surface area contributed by atoms with Crippen molar-refractivity contribution in [2.45, 2.75) is 23.5 Å². The number of anilines is 1. The number of fused-ring (bicyclic) bond motifs is 1. The molecule has 0 saturated heterocycles. The normalized spacial score (nSPS) is 19.4. The molecule has 1 aromatic carbocycles. The fourth-order valence-electron chi connectivity index (χ4n) is 1.85. The second kappa shape index (κ2) is 5.15.